The number of hydrogen-bond acceptors (Lipinski definition) is 8. The second kappa shape index (κ2) is 14.0. The van der Waals surface area contributed by atoms with E-state index in [1.165, 1.54) is 23.1 Å². The summed E-state index contributed by atoms with van der Waals surface area (Å²) in [6.07, 6.45) is 7.65. The lowest BCUT2D eigenvalue weighted by atomic mass is 10.0. The average Bonchev–Trinajstić information content (AvgIpc) is 3.71. The fourth-order valence-electron chi connectivity index (χ4n) is 6.82. The van der Waals surface area contributed by atoms with Gasteiger partial charge in [-0.05, 0) is 60.7 Å². The van der Waals surface area contributed by atoms with E-state index in [1.807, 2.05) is 10.9 Å². The molecule has 3 aliphatic rings. The van der Waals surface area contributed by atoms with Crippen molar-refractivity contribution in [3.05, 3.63) is 92.9 Å². The zero-order chi connectivity index (χ0) is 35.1. The van der Waals surface area contributed by atoms with Gasteiger partial charge in [-0.25, -0.2) is 13.8 Å². The van der Waals surface area contributed by atoms with Gasteiger partial charge in [-0.1, -0.05) is 23.2 Å². The molecule has 5 heterocycles. The summed E-state index contributed by atoms with van der Waals surface area (Å²) in [4.78, 5) is 44.9. The van der Waals surface area contributed by atoms with E-state index in [0.29, 0.717) is 34.0 Å². The van der Waals surface area contributed by atoms with E-state index in [0.717, 1.165) is 37.1 Å². The third-order valence-electron chi connectivity index (χ3n) is 9.58. The van der Waals surface area contributed by atoms with Crippen LogP contribution in [0.4, 0.5) is 14.6 Å². The number of hydrogen-bond donors (Lipinski definition) is 2. The number of likely N-dealkylation sites (tertiary alicyclic amines) is 1. The number of rotatable bonds is 9. The van der Waals surface area contributed by atoms with Crippen molar-refractivity contribution in [1.82, 2.24) is 29.9 Å². The molecule has 260 valence electrons. The van der Waals surface area contributed by atoms with Gasteiger partial charge >= 0.3 is 0 Å². The lowest BCUT2D eigenvalue weighted by Crippen LogP contribution is -2.52. The first-order valence-corrected chi connectivity index (χ1v) is 17.0. The molecule has 0 aliphatic carbocycles. The van der Waals surface area contributed by atoms with Crippen molar-refractivity contribution in [2.45, 2.75) is 57.3 Å². The maximum atomic E-state index is 15.2. The van der Waals surface area contributed by atoms with Crippen molar-refractivity contribution in [3.63, 3.8) is 0 Å². The Balaban J connectivity index is 0.948. The SMILES string of the molecule is Nc1ncc(-c2cnn(C3CCN(Cc4cc5c(cc4F)C(=O)N([C@@H]4CCC(=O)NC4=O)C5)CC3)c2)cc1OCCc1c(Cl)ccc(F)c1Cl. The number of carbonyl (C=O) groups is 3. The van der Waals surface area contributed by atoms with E-state index in [9.17, 15) is 18.8 Å². The van der Waals surface area contributed by atoms with Crippen LogP contribution in [-0.2, 0) is 29.1 Å². The van der Waals surface area contributed by atoms with Gasteiger partial charge in [-0.2, -0.15) is 5.10 Å². The van der Waals surface area contributed by atoms with Gasteiger partial charge in [-0.15, -0.1) is 0 Å². The molecule has 0 unspecified atom stereocenters. The van der Waals surface area contributed by atoms with Gasteiger partial charge in [0.25, 0.3) is 5.91 Å². The molecule has 0 radical (unpaired) electrons. The number of imide groups is 1. The minimum absolute atomic E-state index is 0.0348. The smallest absolute Gasteiger partial charge is 0.255 e. The standard InChI is InChI=1S/C35H33Cl2F2N7O4/c36-26-1-2-27(38)32(37)24(26)7-10-50-30-12-19(14-41-33(30)40)22-15-42-46(18-22)23-5-8-44(9-6-23)16-21-11-20-17-45(35(49)25(20)13-28(21)39)29-3-4-31(47)43-34(29)48/h1-2,11-15,18,23,29H,3-10,16-17H2,(H2,40,41)(H,43,47,48)/t29-/m1/s1. The molecule has 2 saturated heterocycles. The van der Waals surface area contributed by atoms with E-state index in [4.69, 9.17) is 33.7 Å². The molecule has 1 atom stereocenters. The van der Waals surface area contributed by atoms with Crippen LogP contribution in [0, 0.1) is 11.6 Å². The summed E-state index contributed by atoms with van der Waals surface area (Å²) < 4.78 is 36.9. The second-order valence-corrected chi connectivity index (χ2v) is 13.5. The van der Waals surface area contributed by atoms with Crippen LogP contribution >= 0.6 is 23.2 Å². The summed E-state index contributed by atoms with van der Waals surface area (Å²) in [5.41, 5.74) is 9.57. The van der Waals surface area contributed by atoms with Crippen LogP contribution in [-0.4, -0.2) is 68.0 Å². The van der Waals surface area contributed by atoms with Gasteiger partial charge in [-0.3, -0.25) is 29.3 Å². The summed E-state index contributed by atoms with van der Waals surface area (Å²) in [5.74, 6) is -1.66. The topological polar surface area (TPSA) is 136 Å². The molecular weight excluding hydrogens is 691 g/mol. The molecular formula is C35H33Cl2F2N7O4. The molecule has 3 aliphatic heterocycles. The fraction of sp³-hybridized carbons (Fsp3) is 0.343. The van der Waals surface area contributed by atoms with Gasteiger partial charge in [0, 0.05) is 78.7 Å². The van der Waals surface area contributed by atoms with Crippen LogP contribution in [0.25, 0.3) is 11.1 Å². The molecule has 50 heavy (non-hydrogen) atoms. The first-order valence-electron chi connectivity index (χ1n) is 16.3. The van der Waals surface area contributed by atoms with Crippen LogP contribution in [0.3, 0.4) is 0 Å². The van der Waals surface area contributed by atoms with Gasteiger partial charge < -0.3 is 15.4 Å². The number of nitrogens with two attached hydrogens (primary N) is 1. The van der Waals surface area contributed by atoms with Crippen molar-refractivity contribution in [2.24, 2.45) is 0 Å². The predicted octanol–water partition coefficient (Wildman–Crippen LogP) is 5.33. The number of benzene rings is 2. The zero-order valence-electron chi connectivity index (χ0n) is 26.8. The molecule has 0 saturated carbocycles. The lowest BCUT2D eigenvalue weighted by Gasteiger charge is -2.32. The summed E-state index contributed by atoms with van der Waals surface area (Å²) >= 11 is 12.3. The van der Waals surface area contributed by atoms with E-state index >= 15 is 4.39 Å². The highest BCUT2D eigenvalue weighted by Crippen LogP contribution is 2.33. The third-order valence-corrected chi connectivity index (χ3v) is 10.3. The Morgan fingerprint density at radius 1 is 1.00 bits per heavy atom. The van der Waals surface area contributed by atoms with Gasteiger partial charge in [0.2, 0.25) is 11.8 Å². The molecule has 4 aromatic rings. The first kappa shape index (κ1) is 33.9. The largest absolute Gasteiger partial charge is 0.489 e. The number of anilines is 1. The summed E-state index contributed by atoms with van der Waals surface area (Å²) in [7, 11) is 0. The van der Waals surface area contributed by atoms with Crippen LogP contribution in [0.1, 0.15) is 58.8 Å². The number of nitrogens with one attached hydrogen (secondary N) is 1. The Morgan fingerprint density at radius 2 is 1.80 bits per heavy atom. The fourth-order valence-corrected chi connectivity index (χ4v) is 7.38. The number of carbonyl (C=O) groups excluding carboxylic acids is 3. The van der Waals surface area contributed by atoms with Crippen molar-refractivity contribution in [2.75, 3.05) is 25.4 Å². The Morgan fingerprint density at radius 3 is 2.58 bits per heavy atom. The highest BCUT2D eigenvalue weighted by molar-refractivity contribution is 6.36. The van der Waals surface area contributed by atoms with Crippen LogP contribution in [0.2, 0.25) is 10.0 Å². The summed E-state index contributed by atoms with van der Waals surface area (Å²) in [6, 6.07) is 6.85. The van der Waals surface area contributed by atoms with Crippen molar-refractivity contribution in [1.29, 1.82) is 0 Å². The minimum atomic E-state index is -0.745. The van der Waals surface area contributed by atoms with Crippen molar-refractivity contribution >= 4 is 46.7 Å². The molecule has 3 N–H and O–H groups in total. The van der Waals surface area contributed by atoms with Gasteiger partial charge in [0.05, 0.1) is 23.9 Å². The van der Waals surface area contributed by atoms with E-state index in [2.05, 4.69) is 20.3 Å². The van der Waals surface area contributed by atoms with E-state index in [-0.39, 0.29) is 60.8 Å². The molecule has 0 spiro atoms. The normalized spacial score (nSPS) is 18.4. The maximum Gasteiger partial charge on any atom is 0.255 e. The maximum absolute atomic E-state index is 15.2. The van der Waals surface area contributed by atoms with Crippen molar-refractivity contribution < 1.29 is 27.9 Å². The molecule has 11 nitrogen and oxygen atoms in total. The molecule has 0 bridgehead atoms. The Labute approximate surface area is 296 Å². The lowest BCUT2D eigenvalue weighted by molar-refractivity contribution is -0.136. The van der Waals surface area contributed by atoms with E-state index in [1.54, 1.807) is 24.5 Å². The third kappa shape index (κ3) is 6.77. The molecule has 7 rings (SSSR count). The monoisotopic (exact) mass is 723 g/mol. The van der Waals surface area contributed by atoms with Crippen LogP contribution in [0.5, 0.6) is 5.75 Å². The zero-order valence-corrected chi connectivity index (χ0v) is 28.3. The Hall–Kier alpha value is -4.59. The first-order chi connectivity index (χ1) is 24.0. The number of fused-ring (bicyclic) bond motifs is 1. The molecule has 3 amide bonds. The quantitative estimate of drug-likeness (QED) is 0.175. The van der Waals surface area contributed by atoms with Crippen LogP contribution in [0.15, 0.2) is 48.9 Å². The molecule has 2 aromatic heterocycles. The predicted molar refractivity (Wildman–Crippen MR) is 181 cm³/mol. The second-order valence-electron chi connectivity index (χ2n) is 12.7. The van der Waals surface area contributed by atoms with Gasteiger partial charge in [0.1, 0.15) is 17.7 Å². The average molecular weight is 725 g/mol. The number of ether oxygens (including phenoxy) is 1. The number of nitrogen functional groups attached to an aromatic ring is 1. The highest BCUT2D eigenvalue weighted by Gasteiger charge is 2.39. The molecule has 15 heteroatoms. The van der Waals surface area contributed by atoms with Crippen molar-refractivity contribution in [3.8, 4) is 16.9 Å². The number of nitrogens with zero attached hydrogens (tertiary/aromatic N) is 5. The number of amides is 3. The summed E-state index contributed by atoms with van der Waals surface area (Å²) in [5, 5.41) is 7.22. The van der Waals surface area contributed by atoms with Crippen LogP contribution < -0.4 is 15.8 Å². The highest BCUT2D eigenvalue weighted by atomic mass is 35.5. The number of aromatic nitrogens is 3. The van der Waals surface area contributed by atoms with Gasteiger partial charge in [0.15, 0.2) is 11.6 Å². The molecule has 2 aromatic carbocycles. The number of halogens is 4. The minimum Gasteiger partial charge on any atom is -0.489 e. The summed E-state index contributed by atoms with van der Waals surface area (Å²) in [6.45, 7) is 2.19. The Kier molecular flexibility index (Phi) is 9.46. The number of pyridine rings is 1. The molecule has 2 fully saturated rings. The Bertz CT molecular complexity index is 2000. The van der Waals surface area contributed by atoms with E-state index < -0.39 is 29.5 Å². The number of piperidine rings is 2.